The molecule has 2 atom stereocenters. The molecule has 2 amide bonds. The second-order valence-electron chi connectivity index (χ2n) is 4.81. The van der Waals surface area contributed by atoms with Gasteiger partial charge in [0.1, 0.15) is 4.83 Å². The molecule has 106 valence electrons. The zero-order valence-corrected chi connectivity index (χ0v) is 12.5. The average molecular weight is 340 g/mol. The Bertz CT molecular complexity index is 537. The van der Waals surface area contributed by atoms with E-state index in [4.69, 9.17) is 5.11 Å². The summed E-state index contributed by atoms with van der Waals surface area (Å²) in [7, 11) is 0. The van der Waals surface area contributed by atoms with E-state index in [-0.39, 0.29) is 24.3 Å². The predicted octanol–water partition coefficient (Wildman–Crippen LogP) is 2.16. The molecule has 5 nitrogen and oxygen atoms in total. The first-order valence-corrected chi connectivity index (χ1v) is 7.17. The molecule has 0 saturated carbocycles. The summed E-state index contributed by atoms with van der Waals surface area (Å²) in [5.41, 5.74) is 0.831. The Morgan fingerprint density at radius 1 is 1.25 bits per heavy atom. The van der Waals surface area contributed by atoms with Crippen LogP contribution in [0.4, 0.5) is 0 Å². The van der Waals surface area contributed by atoms with E-state index in [2.05, 4.69) is 15.9 Å². The number of benzene rings is 1. The van der Waals surface area contributed by atoms with Crippen LogP contribution in [0.2, 0.25) is 0 Å². The van der Waals surface area contributed by atoms with Crippen molar-refractivity contribution in [3.05, 3.63) is 35.4 Å². The maximum Gasteiger partial charge on any atom is 0.317 e. The highest BCUT2D eigenvalue weighted by molar-refractivity contribution is 9.10. The molecule has 1 heterocycles. The molecule has 0 aliphatic carbocycles. The van der Waals surface area contributed by atoms with Gasteiger partial charge >= 0.3 is 5.97 Å². The summed E-state index contributed by atoms with van der Waals surface area (Å²) >= 11 is 3.09. The number of hydrogen-bond acceptors (Lipinski definition) is 3. The lowest BCUT2D eigenvalue weighted by Crippen LogP contribution is -2.33. The maximum absolute atomic E-state index is 12.1. The van der Waals surface area contributed by atoms with Crippen LogP contribution < -0.4 is 0 Å². The Morgan fingerprint density at radius 3 is 2.20 bits per heavy atom. The molecule has 1 aliphatic rings. The van der Waals surface area contributed by atoms with Gasteiger partial charge in [-0.25, -0.2) is 0 Å². The van der Waals surface area contributed by atoms with Crippen molar-refractivity contribution in [2.24, 2.45) is 5.92 Å². The van der Waals surface area contributed by atoms with Gasteiger partial charge in [-0.3, -0.25) is 19.3 Å². The quantitative estimate of drug-likeness (QED) is 0.658. The SMILES string of the molecule is C[C@@H](CCN1C(=O)c2ccccc2C1=O)[C@@H](Br)C(=O)O. The number of carboxylic acid groups (broad SMARTS) is 1. The molecule has 6 heteroatoms. The van der Waals surface area contributed by atoms with Crippen LogP contribution in [-0.2, 0) is 4.79 Å². The van der Waals surface area contributed by atoms with Gasteiger partial charge in [-0.1, -0.05) is 35.0 Å². The number of fused-ring (bicyclic) bond motifs is 1. The van der Waals surface area contributed by atoms with Crippen LogP contribution in [0.3, 0.4) is 0 Å². The molecular formula is C14H14BrNO4. The normalized spacial score (nSPS) is 17.0. The molecule has 1 aliphatic heterocycles. The van der Waals surface area contributed by atoms with Crippen LogP contribution in [0.15, 0.2) is 24.3 Å². The minimum absolute atomic E-state index is 0.184. The van der Waals surface area contributed by atoms with E-state index >= 15 is 0 Å². The van der Waals surface area contributed by atoms with Crippen molar-refractivity contribution < 1.29 is 19.5 Å². The lowest BCUT2D eigenvalue weighted by atomic mass is 10.0. The number of alkyl halides is 1. The Hall–Kier alpha value is -1.69. The number of rotatable bonds is 5. The fourth-order valence-corrected chi connectivity index (χ4v) is 2.43. The van der Waals surface area contributed by atoms with E-state index in [1.54, 1.807) is 31.2 Å². The van der Waals surface area contributed by atoms with Crippen LogP contribution in [0.1, 0.15) is 34.1 Å². The van der Waals surface area contributed by atoms with Gasteiger partial charge in [0.2, 0.25) is 0 Å². The Balaban J connectivity index is 2.04. The van der Waals surface area contributed by atoms with E-state index in [1.807, 2.05) is 0 Å². The summed E-state index contributed by atoms with van der Waals surface area (Å²) in [4.78, 5) is 35.6. The summed E-state index contributed by atoms with van der Waals surface area (Å²) in [6.07, 6.45) is 0.438. The van der Waals surface area contributed by atoms with E-state index in [0.717, 1.165) is 0 Å². The molecule has 1 aromatic carbocycles. The first kappa shape index (κ1) is 14.7. The van der Waals surface area contributed by atoms with Crippen LogP contribution in [0.5, 0.6) is 0 Å². The van der Waals surface area contributed by atoms with Crippen molar-refractivity contribution >= 4 is 33.7 Å². The first-order valence-electron chi connectivity index (χ1n) is 6.25. The van der Waals surface area contributed by atoms with Gasteiger partial charge in [-0.2, -0.15) is 0 Å². The van der Waals surface area contributed by atoms with Gasteiger partial charge in [-0.15, -0.1) is 0 Å². The number of amides is 2. The van der Waals surface area contributed by atoms with Gasteiger partial charge < -0.3 is 5.11 Å². The van der Waals surface area contributed by atoms with Gasteiger partial charge in [0.25, 0.3) is 11.8 Å². The van der Waals surface area contributed by atoms with Gasteiger partial charge in [0, 0.05) is 6.54 Å². The number of nitrogens with zero attached hydrogens (tertiary/aromatic N) is 1. The third-order valence-electron chi connectivity index (χ3n) is 3.42. The van der Waals surface area contributed by atoms with Gasteiger partial charge in [-0.05, 0) is 24.5 Å². The minimum atomic E-state index is -0.945. The molecule has 0 aromatic heterocycles. The van der Waals surface area contributed by atoms with Crippen LogP contribution in [0, 0.1) is 5.92 Å². The highest BCUT2D eigenvalue weighted by Crippen LogP contribution is 2.24. The smallest absolute Gasteiger partial charge is 0.317 e. The average Bonchev–Trinajstić information content (AvgIpc) is 2.68. The second kappa shape index (κ2) is 5.75. The molecule has 0 spiro atoms. The molecule has 0 bridgehead atoms. The number of carboxylic acids is 1. The van der Waals surface area contributed by atoms with Crippen LogP contribution in [0.25, 0.3) is 0 Å². The number of halogens is 1. The number of aliphatic carboxylic acids is 1. The second-order valence-corrected chi connectivity index (χ2v) is 5.80. The molecule has 0 saturated heterocycles. The third kappa shape index (κ3) is 2.60. The fourth-order valence-electron chi connectivity index (χ4n) is 2.16. The zero-order valence-electron chi connectivity index (χ0n) is 10.9. The summed E-state index contributed by atoms with van der Waals surface area (Å²) in [6, 6.07) is 6.69. The van der Waals surface area contributed by atoms with E-state index in [1.165, 1.54) is 4.90 Å². The lowest BCUT2D eigenvalue weighted by molar-refractivity contribution is -0.137. The minimum Gasteiger partial charge on any atom is -0.480 e. The Morgan fingerprint density at radius 2 is 1.75 bits per heavy atom. The maximum atomic E-state index is 12.1. The summed E-state index contributed by atoms with van der Waals surface area (Å²) < 4.78 is 0. The van der Waals surface area contributed by atoms with Crippen molar-refractivity contribution in [3.8, 4) is 0 Å². The highest BCUT2D eigenvalue weighted by atomic mass is 79.9. The lowest BCUT2D eigenvalue weighted by Gasteiger charge is -2.18. The first-order chi connectivity index (χ1) is 9.43. The Kier molecular flexibility index (Phi) is 4.23. The van der Waals surface area contributed by atoms with Crippen molar-refractivity contribution in [3.63, 3.8) is 0 Å². The molecule has 0 unspecified atom stereocenters. The molecule has 1 N–H and O–H groups in total. The molecule has 1 aromatic rings. The zero-order chi connectivity index (χ0) is 14.9. The summed E-state index contributed by atoms with van der Waals surface area (Å²) in [5.74, 6) is -1.74. The molecule has 2 rings (SSSR count). The largest absolute Gasteiger partial charge is 0.480 e. The molecule has 0 fully saturated rings. The monoisotopic (exact) mass is 339 g/mol. The van der Waals surface area contributed by atoms with Gasteiger partial charge in [0.15, 0.2) is 0 Å². The van der Waals surface area contributed by atoms with E-state index in [0.29, 0.717) is 17.5 Å². The predicted molar refractivity (Wildman–Crippen MR) is 75.9 cm³/mol. The number of carbonyl (C=O) groups is 3. The molecule has 0 radical (unpaired) electrons. The van der Waals surface area contributed by atoms with Crippen LogP contribution >= 0.6 is 15.9 Å². The van der Waals surface area contributed by atoms with E-state index < -0.39 is 10.8 Å². The molecular weight excluding hydrogens is 326 g/mol. The van der Waals surface area contributed by atoms with Crippen molar-refractivity contribution in [1.82, 2.24) is 4.90 Å². The Labute approximate surface area is 124 Å². The van der Waals surface area contributed by atoms with Crippen LogP contribution in [-0.4, -0.2) is 39.2 Å². The number of hydrogen-bond donors (Lipinski definition) is 1. The standard InChI is InChI=1S/C14H14BrNO4/c1-8(11(15)14(19)20)6-7-16-12(17)9-4-2-3-5-10(9)13(16)18/h2-5,8,11H,6-7H2,1H3,(H,19,20)/t8-,11+/m0/s1. The topological polar surface area (TPSA) is 74.7 Å². The third-order valence-corrected chi connectivity index (χ3v) is 4.72. The van der Waals surface area contributed by atoms with Crippen molar-refractivity contribution in [2.45, 2.75) is 18.2 Å². The number of imide groups is 1. The molecule has 20 heavy (non-hydrogen) atoms. The summed E-state index contributed by atoms with van der Waals surface area (Å²) in [5, 5.41) is 8.90. The number of carbonyl (C=O) groups excluding carboxylic acids is 2. The van der Waals surface area contributed by atoms with E-state index in [9.17, 15) is 14.4 Å². The fraction of sp³-hybridized carbons (Fsp3) is 0.357. The van der Waals surface area contributed by atoms with Gasteiger partial charge in [0.05, 0.1) is 11.1 Å². The van der Waals surface area contributed by atoms with Crippen molar-refractivity contribution in [1.29, 1.82) is 0 Å². The van der Waals surface area contributed by atoms with Crippen molar-refractivity contribution in [2.75, 3.05) is 6.54 Å². The summed E-state index contributed by atoms with van der Waals surface area (Å²) in [6.45, 7) is 1.99. The highest BCUT2D eigenvalue weighted by Gasteiger charge is 2.35.